The van der Waals surface area contributed by atoms with Crippen LogP contribution in [-0.4, -0.2) is 47.7 Å². The number of nitriles is 1. The molecule has 2 atom stereocenters. The van der Waals surface area contributed by atoms with Crippen molar-refractivity contribution in [2.45, 2.75) is 25.6 Å². The number of hydrogen-bond donors (Lipinski definition) is 1. The average molecular weight is 246 g/mol. The van der Waals surface area contributed by atoms with Crippen LogP contribution in [0.25, 0.3) is 0 Å². The maximum atomic E-state index is 9.25. The van der Waals surface area contributed by atoms with Gasteiger partial charge in [-0.1, -0.05) is 18.2 Å². The summed E-state index contributed by atoms with van der Waals surface area (Å²) in [5.41, 5.74) is 5.82. The van der Waals surface area contributed by atoms with Crippen LogP contribution in [0.2, 0.25) is 0 Å². The van der Waals surface area contributed by atoms with E-state index in [4.69, 9.17) is 5.73 Å². The van der Waals surface area contributed by atoms with Crippen LogP contribution in [0, 0.1) is 17.2 Å². The summed E-state index contributed by atoms with van der Waals surface area (Å²) >= 11 is 0. The maximum absolute atomic E-state index is 9.25. The minimum absolute atomic E-state index is 0.256. The number of allylic oxidation sites excluding steroid dienone is 2. The Bertz CT molecular complexity index is 385. The van der Waals surface area contributed by atoms with Crippen molar-refractivity contribution >= 4 is 0 Å². The van der Waals surface area contributed by atoms with Crippen molar-refractivity contribution in [2.75, 3.05) is 26.2 Å². The van der Waals surface area contributed by atoms with Gasteiger partial charge in [-0.3, -0.25) is 9.80 Å². The highest BCUT2D eigenvalue weighted by atomic mass is 15.3. The van der Waals surface area contributed by atoms with Crippen molar-refractivity contribution in [2.24, 2.45) is 11.7 Å². The van der Waals surface area contributed by atoms with E-state index in [9.17, 15) is 5.26 Å². The molecule has 2 rings (SSSR count). The molecular weight excluding hydrogens is 224 g/mol. The molecule has 0 aromatic carbocycles. The standard InChI is InChI=1S/C14H22N4/c1-12(2)17-7-9-18(10-8-17)14(16)6-4-3-5-13(14)11-15/h3-6,12-13H,7-10,16H2,1-2H3. The highest BCUT2D eigenvalue weighted by Crippen LogP contribution is 2.27. The first-order valence-corrected chi connectivity index (χ1v) is 6.61. The highest BCUT2D eigenvalue weighted by Gasteiger charge is 2.39. The molecule has 0 aromatic rings. The normalized spacial score (nSPS) is 33.8. The van der Waals surface area contributed by atoms with E-state index in [1.807, 2.05) is 24.3 Å². The van der Waals surface area contributed by atoms with Crippen molar-refractivity contribution < 1.29 is 0 Å². The molecule has 1 aliphatic carbocycles. The zero-order valence-electron chi connectivity index (χ0n) is 11.2. The van der Waals surface area contributed by atoms with Gasteiger partial charge in [0.25, 0.3) is 0 Å². The quantitative estimate of drug-likeness (QED) is 0.787. The summed E-state index contributed by atoms with van der Waals surface area (Å²) < 4.78 is 0. The Kier molecular flexibility index (Phi) is 3.86. The van der Waals surface area contributed by atoms with Gasteiger partial charge < -0.3 is 5.73 Å². The van der Waals surface area contributed by atoms with Crippen LogP contribution in [0.1, 0.15) is 13.8 Å². The Hall–Kier alpha value is -1.15. The minimum atomic E-state index is -0.632. The fourth-order valence-corrected chi connectivity index (χ4v) is 2.72. The Morgan fingerprint density at radius 2 is 1.94 bits per heavy atom. The topological polar surface area (TPSA) is 56.3 Å². The van der Waals surface area contributed by atoms with E-state index < -0.39 is 5.66 Å². The summed E-state index contributed by atoms with van der Waals surface area (Å²) in [6.07, 6.45) is 7.72. The molecule has 0 bridgehead atoms. The third-order valence-corrected chi connectivity index (χ3v) is 4.01. The van der Waals surface area contributed by atoms with Gasteiger partial charge in [-0.15, -0.1) is 0 Å². The van der Waals surface area contributed by atoms with Gasteiger partial charge in [0.2, 0.25) is 0 Å². The molecule has 1 aliphatic heterocycles. The van der Waals surface area contributed by atoms with E-state index in [-0.39, 0.29) is 5.92 Å². The molecule has 1 saturated heterocycles. The number of piperazine rings is 1. The first-order chi connectivity index (χ1) is 8.58. The molecule has 2 N–H and O–H groups in total. The van der Waals surface area contributed by atoms with E-state index in [0.717, 1.165) is 26.2 Å². The van der Waals surface area contributed by atoms with Gasteiger partial charge in [0, 0.05) is 32.2 Å². The van der Waals surface area contributed by atoms with Gasteiger partial charge in [-0.05, 0) is 19.9 Å². The van der Waals surface area contributed by atoms with Crippen LogP contribution in [0.4, 0.5) is 0 Å². The van der Waals surface area contributed by atoms with Gasteiger partial charge in [-0.25, -0.2) is 0 Å². The summed E-state index contributed by atoms with van der Waals surface area (Å²) in [5, 5.41) is 9.25. The number of nitrogens with zero attached hydrogens (tertiary/aromatic N) is 3. The van der Waals surface area contributed by atoms with E-state index in [2.05, 4.69) is 29.7 Å². The van der Waals surface area contributed by atoms with Gasteiger partial charge in [0.05, 0.1) is 12.0 Å². The zero-order valence-corrected chi connectivity index (χ0v) is 11.2. The number of nitrogens with two attached hydrogens (primary N) is 1. The minimum Gasteiger partial charge on any atom is -0.308 e. The smallest absolute Gasteiger partial charge is 0.108 e. The lowest BCUT2D eigenvalue weighted by Crippen LogP contribution is -2.64. The van der Waals surface area contributed by atoms with Crippen LogP contribution >= 0.6 is 0 Å². The molecular formula is C14H22N4. The molecule has 98 valence electrons. The summed E-state index contributed by atoms with van der Waals surface area (Å²) in [6, 6.07) is 2.89. The molecule has 0 amide bonds. The Morgan fingerprint density at radius 3 is 2.50 bits per heavy atom. The zero-order chi connectivity index (χ0) is 13.2. The van der Waals surface area contributed by atoms with Gasteiger partial charge in [-0.2, -0.15) is 5.26 Å². The monoisotopic (exact) mass is 246 g/mol. The van der Waals surface area contributed by atoms with Gasteiger partial charge in [0.1, 0.15) is 5.66 Å². The van der Waals surface area contributed by atoms with Crippen molar-refractivity contribution in [1.29, 1.82) is 5.26 Å². The fourth-order valence-electron chi connectivity index (χ4n) is 2.72. The second kappa shape index (κ2) is 5.23. The molecule has 4 nitrogen and oxygen atoms in total. The predicted octanol–water partition coefficient (Wildman–Crippen LogP) is 0.933. The van der Waals surface area contributed by atoms with Crippen LogP contribution in [0.15, 0.2) is 24.3 Å². The van der Waals surface area contributed by atoms with Crippen LogP contribution < -0.4 is 5.73 Å². The Balaban J connectivity index is 2.07. The van der Waals surface area contributed by atoms with E-state index in [1.54, 1.807) is 0 Å². The highest BCUT2D eigenvalue weighted by molar-refractivity contribution is 5.28. The van der Waals surface area contributed by atoms with Gasteiger partial charge >= 0.3 is 0 Å². The lowest BCUT2D eigenvalue weighted by Gasteiger charge is -2.47. The summed E-state index contributed by atoms with van der Waals surface area (Å²) in [5.74, 6) is -0.256. The number of hydrogen-bond acceptors (Lipinski definition) is 4. The van der Waals surface area contributed by atoms with Crippen LogP contribution in [-0.2, 0) is 0 Å². The second-order valence-corrected chi connectivity index (χ2v) is 5.35. The molecule has 2 unspecified atom stereocenters. The van der Waals surface area contributed by atoms with Crippen molar-refractivity contribution in [3.8, 4) is 6.07 Å². The maximum Gasteiger partial charge on any atom is 0.108 e. The molecule has 1 heterocycles. The number of rotatable bonds is 2. The molecule has 1 fully saturated rings. The largest absolute Gasteiger partial charge is 0.308 e. The lowest BCUT2D eigenvalue weighted by molar-refractivity contribution is 0.0372. The van der Waals surface area contributed by atoms with E-state index >= 15 is 0 Å². The Morgan fingerprint density at radius 1 is 1.28 bits per heavy atom. The van der Waals surface area contributed by atoms with Crippen molar-refractivity contribution in [3.05, 3.63) is 24.3 Å². The third-order valence-electron chi connectivity index (χ3n) is 4.01. The first-order valence-electron chi connectivity index (χ1n) is 6.61. The molecule has 0 radical (unpaired) electrons. The van der Waals surface area contributed by atoms with Crippen LogP contribution in [0.3, 0.4) is 0 Å². The van der Waals surface area contributed by atoms with Crippen molar-refractivity contribution in [1.82, 2.24) is 9.80 Å². The van der Waals surface area contributed by atoms with E-state index in [1.165, 1.54) is 0 Å². The Labute approximate surface area is 109 Å². The SMILES string of the molecule is CC(C)N1CCN(C2(N)C=CC=CC2C#N)CC1. The molecule has 0 saturated carbocycles. The second-order valence-electron chi connectivity index (χ2n) is 5.35. The summed E-state index contributed by atoms with van der Waals surface area (Å²) in [7, 11) is 0. The van der Waals surface area contributed by atoms with Crippen molar-refractivity contribution in [3.63, 3.8) is 0 Å². The van der Waals surface area contributed by atoms with Crippen LogP contribution in [0.5, 0.6) is 0 Å². The first kappa shape index (κ1) is 13.3. The molecule has 0 aromatic heterocycles. The predicted molar refractivity (Wildman–Crippen MR) is 72.6 cm³/mol. The summed E-state index contributed by atoms with van der Waals surface area (Å²) in [4.78, 5) is 4.68. The molecule has 4 heteroatoms. The molecule has 2 aliphatic rings. The fraction of sp³-hybridized carbons (Fsp3) is 0.643. The molecule has 0 spiro atoms. The van der Waals surface area contributed by atoms with Gasteiger partial charge in [0.15, 0.2) is 0 Å². The summed E-state index contributed by atoms with van der Waals surface area (Å²) in [6.45, 7) is 8.32. The molecule has 18 heavy (non-hydrogen) atoms. The lowest BCUT2D eigenvalue weighted by atomic mass is 9.88. The third kappa shape index (κ3) is 2.35. The average Bonchev–Trinajstić information content (AvgIpc) is 2.39. The van der Waals surface area contributed by atoms with E-state index in [0.29, 0.717) is 6.04 Å².